The molecular weight excluding hydrogens is 284 g/mol. The van der Waals surface area contributed by atoms with E-state index in [-0.39, 0.29) is 17.4 Å². The van der Waals surface area contributed by atoms with E-state index in [9.17, 15) is 4.79 Å². The Hall–Kier alpha value is -0.910. The number of carbonyl (C=O) groups is 1. The number of piperidine rings is 1. The maximum absolute atomic E-state index is 12.2. The number of ether oxygens (including phenoxy) is 1. The van der Waals surface area contributed by atoms with Gasteiger partial charge >= 0.3 is 0 Å². The molecule has 1 unspecified atom stereocenters. The SMILES string of the molecule is Cc1ccsc1CN1CCCC2(CCOCC2)C1C(N)=O. The van der Waals surface area contributed by atoms with Crippen LogP contribution in [0.2, 0.25) is 0 Å². The van der Waals surface area contributed by atoms with Crippen LogP contribution in [0.5, 0.6) is 0 Å². The lowest BCUT2D eigenvalue weighted by Crippen LogP contribution is -2.59. The molecule has 4 nitrogen and oxygen atoms in total. The molecule has 0 aromatic carbocycles. The van der Waals surface area contributed by atoms with Crippen LogP contribution in [0, 0.1) is 12.3 Å². The van der Waals surface area contributed by atoms with E-state index in [1.807, 2.05) is 0 Å². The second-order valence-electron chi connectivity index (χ2n) is 6.38. The third-order valence-electron chi connectivity index (χ3n) is 5.14. The minimum atomic E-state index is -0.161. The number of nitrogens with two attached hydrogens (primary N) is 1. The lowest BCUT2D eigenvalue weighted by molar-refractivity contribution is -0.137. The molecule has 116 valence electrons. The van der Waals surface area contributed by atoms with Crippen LogP contribution in [0.15, 0.2) is 11.4 Å². The van der Waals surface area contributed by atoms with Crippen molar-refractivity contribution in [3.63, 3.8) is 0 Å². The smallest absolute Gasteiger partial charge is 0.235 e. The van der Waals surface area contributed by atoms with Crippen molar-refractivity contribution in [2.24, 2.45) is 11.1 Å². The highest BCUT2D eigenvalue weighted by atomic mass is 32.1. The van der Waals surface area contributed by atoms with Crippen molar-refractivity contribution in [1.29, 1.82) is 0 Å². The highest BCUT2D eigenvalue weighted by Crippen LogP contribution is 2.44. The quantitative estimate of drug-likeness (QED) is 0.932. The average Bonchev–Trinajstić information content (AvgIpc) is 2.85. The molecule has 2 fully saturated rings. The second kappa shape index (κ2) is 6.07. The molecule has 21 heavy (non-hydrogen) atoms. The summed E-state index contributed by atoms with van der Waals surface area (Å²) in [6.45, 7) is 5.47. The van der Waals surface area contributed by atoms with Crippen molar-refractivity contribution >= 4 is 17.2 Å². The highest BCUT2D eigenvalue weighted by molar-refractivity contribution is 7.10. The summed E-state index contributed by atoms with van der Waals surface area (Å²) >= 11 is 1.77. The minimum absolute atomic E-state index is 0.0352. The van der Waals surface area contributed by atoms with Gasteiger partial charge in [-0.25, -0.2) is 0 Å². The third kappa shape index (κ3) is 2.87. The Bertz CT molecular complexity index is 503. The molecule has 0 aliphatic carbocycles. The van der Waals surface area contributed by atoms with Crippen molar-refractivity contribution in [1.82, 2.24) is 4.90 Å². The molecule has 0 saturated carbocycles. The second-order valence-corrected chi connectivity index (χ2v) is 7.38. The standard InChI is InChI=1S/C16H24N2O2S/c1-12-3-10-21-13(12)11-18-7-2-4-16(14(18)15(17)19)5-8-20-9-6-16/h3,10,14H,2,4-9,11H2,1H3,(H2,17,19). The molecule has 2 aliphatic heterocycles. The molecule has 2 N–H and O–H groups in total. The lowest BCUT2D eigenvalue weighted by atomic mass is 9.67. The summed E-state index contributed by atoms with van der Waals surface area (Å²) in [5, 5.41) is 2.12. The number of hydrogen-bond donors (Lipinski definition) is 1. The number of carbonyl (C=O) groups excluding carboxylic acids is 1. The Kier molecular flexibility index (Phi) is 4.33. The fourth-order valence-electron chi connectivity index (χ4n) is 3.99. The summed E-state index contributed by atoms with van der Waals surface area (Å²) in [6, 6.07) is 2.00. The number of rotatable bonds is 3. The van der Waals surface area contributed by atoms with Crippen molar-refractivity contribution in [2.75, 3.05) is 19.8 Å². The Morgan fingerprint density at radius 1 is 1.48 bits per heavy atom. The van der Waals surface area contributed by atoms with E-state index in [0.717, 1.165) is 52.0 Å². The number of nitrogens with zero attached hydrogens (tertiary/aromatic N) is 1. The summed E-state index contributed by atoms with van der Waals surface area (Å²) in [5.74, 6) is -0.161. The van der Waals surface area contributed by atoms with Crippen LogP contribution in [0.25, 0.3) is 0 Å². The highest BCUT2D eigenvalue weighted by Gasteiger charge is 2.48. The van der Waals surface area contributed by atoms with Gasteiger partial charge in [0.1, 0.15) is 0 Å². The zero-order valence-electron chi connectivity index (χ0n) is 12.6. The molecule has 1 aromatic heterocycles. The predicted molar refractivity (Wildman–Crippen MR) is 84.2 cm³/mol. The molecule has 1 atom stereocenters. The summed E-state index contributed by atoms with van der Waals surface area (Å²) < 4.78 is 5.52. The molecule has 2 saturated heterocycles. The fraction of sp³-hybridized carbons (Fsp3) is 0.688. The maximum atomic E-state index is 12.2. The first-order valence-corrected chi connectivity index (χ1v) is 8.64. The van der Waals surface area contributed by atoms with Gasteiger partial charge in [0.2, 0.25) is 5.91 Å². The van der Waals surface area contributed by atoms with Crippen LogP contribution in [0.4, 0.5) is 0 Å². The number of primary amides is 1. The molecule has 1 spiro atoms. The molecule has 1 amide bonds. The van der Waals surface area contributed by atoms with Gasteiger partial charge in [-0.2, -0.15) is 0 Å². The fourth-order valence-corrected chi connectivity index (χ4v) is 4.92. The van der Waals surface area contributed by atoms with Gasteiger partial charge in [0.05, 0.1) is 6.04 Å². The monoisotopic (exact) mass is 308 g/mol. The molecular formula is C16H24N2O2S. The van der Waals surface area contributed by atoms with Gasteiger partial charge in [0.15, 0.2) is 0 Å². The van der Waals surface area contributed by atoms with Crippen LogP contribution < -0.4 is 5.73 Å². The van der Waals surface area contributed by atoms with E-state index in [4.69, 9.17) is 10.5 Å². The number of amides is 1. The first-order valence-electron chi connectivity index (χ1n) is 7.76. The van der Waals surface area contributed by atoms with Gasteiger partial charge in [0, 0.05) is 24.6 Å². The molecule has 5 heteroatoms. The Morgan fingerprint density at radius 2 is 2.24 bits per heavy atom. The summed E-state index contributed by atoms with van der Waals surface area (Å²) in [5.41, 5.74) is 7.16. The van der Waals surface area contributed by atoms with Crippen LogP contribution >= 0.6 is 11.3 Å². The number of aryl methyl sites for hydroxylation is 1. The molecule has 0 radical (unpaired) electrons. The Morgan fingerprint density at radius 3 is 2.86 bits per heavy atom. The van der Waals surface area contributed by atoms with E-state index in [1.165, 1.54) is 10.4 Å². The van der Waals surface area contributed by atoms with Gasteiger partial charge in [-0.05, 0) is 61.6 Å². The average molecular weight is 308 g/mol. The zero-order chi connectivity index (χ0) is 14.9. The third-order valence-corrected chi connectivity index (χ3v) is 6.15. The molecule has 3 rings (SSSR count). The van der Waals surface area contributed by atoms with Crippen LogP contribution in [0.3, 0.4) is 0 Å². The number of likely N-dealkylation sites (tertiary alicyclic amines) is 1. The first kappa shape index (κ1) is 15.0. The van der Waals surface area contributed by atoms with E-state index in [2.05, 4.69) is 23.3 Å². The molecule has 0 bridgehead atoms. The molecule has 2 aliphatic rings. The summed E-state index contributed by atoms with van der Waals surface area (Å²) in [4.78, 5) is 15.9. The topological polar surface area (TPSA) is 55.6 Å². The lowest BCUT2D eigenvalue weighted by Gasteiger charge is -2.50. The van der Waals surface area contributed by atoms with Crippen molar-refractivity contribution in [2.45, 2.75) is 45.2 Å². The zero-order valence-corrected chi connectivity index (χ0v) is 13.5. The van der Waals surface area contributed by atoms with E-state index >= 15 is 0 Å². The van der Waals surface area contributed by atoms with E-state index in [1.54, 1.807) is 11.3 Å². The van der Waals surface area contributed by atoms with Crippen LogP contribution in [0.1, 0.15) is 36.1 Å². The predicted octanol–water partition coefficient (Wildman–Crippen LogP) is 2.30. The van der Waals surface area contributed by atoms with Gasteiger partial charge in [-0.15, -0.1) is 11.3 Å². The first-order chi connectivity index (χ1) is 10.1. The van der Waals surface area contributed by atoms with Gasteiger partial charge in [0.25, 0.3) is 0 Å². The van der Waals surface area contributed by atoms with Gasteiger partial charge < -0.3 is 10.5 Å². The van der Waals surface area contributed by atoms with Gasteiger partial charge in [-0.1, -0.05) is 0 Å². The Labute approximate surface area is 130 Å². The van der Waals surface area contributed by atoms with Crippen molar-refractivity contribution < 1.29 is 9.53 Å². The van der Waals surface area contributed by atoms with Crippen LogP contribution in [-0.4, -0.2) is 36.6 Å². The Balaban J connectivity index is 1.84. The number of hydrogen-bond acceptors (Lipinski definition) is 4. The van der Waals surface area contributed by atoms with E-state index < -0.39 is 0 Å². The minimum Gasteiger partial charge on any atom is -0.381 e. The molecule has 1 aromatic rings. The molecule has 3 heterocycles. The van der Waals surface area contributed by atoms with Crippen LogP contribution in [-0.2, 0) is 16.1 Å². The van der Waals surface area contributed by atoms with E-state index in [0.29, 0.717) is 0 Å². The van der Waals surface area contributed by atoms with Crippen molar-refractivity contribution in [3.8, 4) is 0 Å². The number of thiophene rings is 1. The van der Waals surface area contributed by atoms with Crippen molar-refractivity contribution in [3.05, 3.63) is 21.9 Å². The summed E-state index contributed by atoms with van der Waals surface area (Å²) in [6.07, 6.45) is 4.17. The summed E-state index contributed by atoms with van der Waals surface area (Å²) in [7, 11) is 0. The largest absolute Gasteiger partial charge is 0.381 e. The van der Waals surface area contributed by atoms with Gasteiger partial charge in [-0.3, -0.25) is 9.69 Å². The maximum Gasteiger partial charge on any atom is 0.235 e. The normalized spacial score (nSPS) is 26.0.